The third kappa shape index (κ3) is 1.60. The molecule has 0 N–H and O–H groups in total. The molecule has 0 aromatic heterocycles. The first-order valence-electron chi connectivity index (χ1n) is 4.57. The first-order chi connectivity index (χ1) is 7.20. The molecule has 0 aliphatic heterocycles. The fraction of sp³-hybridized carbons (Fsp3) is 0.0769. The van der Waals surface area contributed by atoms with Crippen LogP contribution in [0.1, 0.15) is 16.7 Å². The average Bonchev–Trinajstić information content (AvgIpc) is 2.30. The summed E-state index contributed by atoms with van der Waals surface area (Å²) >= 11 is 0. The number of rotatable bonds is 0. The summed E-state index contributed by atoms with van der Waals surface area (Å²) in [6, 6.07) is 9.35. The van der Waals surface area contributed by atoms with E-state index in [4.69, 9.17) is 0 Å². The highest BCUT2D eigenvalue weighted by Gasteiger charge is 2.13. The number of benzene rings is 1. The smallest absolute Gasteiger partial charge is 0.241 e. The van der Waals surface area contributed by atoms with E-state index >= 15 is 0 Å². The molecular weight excluding hydrogens is 188 g/mol. The Labute approximate surface area is 86.9 Å². The summed E-state index contributed by atoms with van der Waals surface area (Å²) in [6.07, 6.45) is 0. The van der Waals surface area contributed by atoms with E-state index < -0.39 is 10.9 Å². The van der Waals surface area contributed by atoms with Gasteiger partial charge in [-0.2, -0.15) is 0 Å². The van der Waals surface area contributed by atoms with Crippen molar-refractivity contribution in [1.82, 2.24) is 0 Å². The molecule has 0 spiro atoms. The van der Waals surface area contributed by atoms with E-state index in [1.54, 1.807) is 6.92 Å². The lowest BCUT2D eigenvalue weighted by Crippen LogP contribution is -2.36. The molecule has 0 radical (unpaired) electrons. The maximum absolute atomic E-state index is 11.1. The van der Waals surface area contributed by atoms with Crippen LogP contribution in [-0.4, -0.2) is 0 Å². The van der Waals surface area contributed by atoms with Crippen LogP contribution in [-0.2, 0) is 0 Å². The summed E-state index contributed by atoms with van der Waals surface area (Å²) in [6.45, 7) is 1.62. The Balaban J connectivity index is 2.36. The van der Waals surface area contributed by atoms with E-state index in [1.807, 2.05) is 30.3 Å². The zero-order valence-corrected chi connectivity index (χ0v) is 8.20. The lowest BCUT2D eigenvalue weighted by atomic mass is 10.0. The van der Waals surface area contributed by atoms with E-state index in [0.29, 0.717) is 11.1 Å². The van der Waals surface area contributed by atoms with Crippen molar-refractivity contribution in [3.8, 4) is 11.8 Å². The van der Waals surface area contributed by atoms with Gasteiger partial charge in [0.15, 0.2) is 0 Å². The molecule has 2 aromatic carbocycles. The van der Waals surface area contributed by atoms with Crippen LogP contribution in [0.5, 0.6) is 0 Å². The van der Waals surface area contributed by atoms with Gasteiger partial charge in [0.05, 0.1) is 5.56 Å². The topological polar surface area (TPSA) is 34.1 Å². The van der Waals surface area contributed by atoms with E-state index in [2.05, 4.69) is 11.8 Å². The summed E-state index contributed by atoms with van der Waals surface area (Å²) in [7, 11) is 0. The number of hydrogen-bond donors (Lipinski definition) is 0. The molecule has 72 valence electrons. The van der Waals surface area contributed by atoms with E-state index in [0.717, 1.165) is 5.56 Å². The molecule has 0 fully saturated rings. The van der Waals surface area contributed by atoms with Gasteiger partial charge >= 0.3 is 0 Å². The summed E-state index contributed by atoms with van der Waals surface area (Å²) < 4.78 is 0. The third-order valence-corrected chi connectivity index (χ3v) is 2.25. The molecule has 0 saturated carbocycles. The van der Waals surface area contributed by atoms with Gasteiger partial charge < -0.3 is 0 Å². The summed E-state index contributed by atoms with van der Waals surface area (Å²) in [5.74, 6) is 5.57. The van der Waals surface area contributed by atoms with Gasteiger partial charge in [0, 0.05) is 11.1 Å². The Kier molecular flexibility index (Phi) is 2.23. The third-order valence-electron chi connectivity index (χ3n) is 2.25. The predicted octanol–water partition coefficient (Wildman–Crippen LogP) is 0.991. The van der Waals surface area contributed by atoms with Crippen LogP contribution in [0.15, 0.2) is 39.9 Å². The quantitative estimate of drug-likeness (QED) is 0.465. The monoisotopic (exact) mass is 196 g/mol. The van der Waals surface area contributed by atoms with E-state index in [1.165, 1.54) is 0 Å². The molecule has 0 atom stereocenters. The van der Waals surface area contributed by atoms with Crippen LogP contribution in [0.2, 0.25) is 0 Å². The molecule has 15 heavy (non-hydrogen) atoms. The van der Waals surface area contributed by atoms with Crippen LogP contribution in [0.4, 0.5) is 0 Å². The summed E-state index contributed by atoms with van der Waals surface area (Å²) in [5, 5.41) is 0. The number of hydrogen-bond acceptors (Lipinski definition) is 2. The van der Waals surface area contributed by atoms with Crippen molar-refractivity contribution < 1.29 is 0 Å². The zero-order valence-electron chi connectivity index (χ0n) is 8.20. The van der Waals surface area contributed by atoms with Gasteiger partial charge in [-0.3, -0.25) is 9.59 Å². The molecule has 0 saturated heterocycles. The van der Waals surface area contributed by atoms with Crippen molar-refractivity contribution in [1.29, 1.82) is 0 Å². The summed E-state index contributed by atoms with van der Waals surface area (Å²) in [5.41, 5.74) is 0.792. The van der Waals surface area contributed by atoms with Gasteiger partial charge in [-0.05, 0) is 19.1 Å². The second-order valence-electron chi connectivity index (χ2n) is 3.27. The van der Waals surface area contributed by atoms with Gasteiger partial charge in [0.2, 0.25) is 10.9 Å². The Bertz CT molecular complexity index is 618. The molecule has 2 rings (SSSR count). The molecule has 0 heterocycles. The Morgan fingerprint density at radius 1 is 0.933 bits per heavy atom. The van der Waals surface area contributed by atoms with Gasteiger partial charge in [-0.15, -0.1) is 0 Å². The van der Waals surface area contributed by atoms with Gasteiger partial charge in [-0.25, -0.2) is 0 Å². The van der Waals surface area contributed by atoms with Crippen molar-refractivity contribution in [2.75, 3.05) is 0 Å². The zero-order chi connectivity index (χ0) is 10.8. The van der Waals surface area contributed by atoms with Crippen LogP contribution < -0.4 is 10.9 Å². The summed E-state index contributed by atoms with van der Waals surface area (Å²) in [4.78, 5) is 22.0. The van der Waals surface area contributed by atoms with Gasteiger partial charge in [-0.1, -0.05) is 30.0 Å². The lowest BCUT2D eigenvalue weighted by molar-refractivity contribution is 1.24. The van der Waals surface area contributed by atoms with Crippen molar-refractivity contribution >= 4 is 0 Å². The second kappa shape index (κ2) is 3.55. The standard InChI is InChI=1S/C13H8O2/c1-9-11(13(15)12(9)14)8-7-10-5-3-2-4-6-10/h2-6H,1H3. The normalized spacial score (nSPS) is 9.67. The van der Waals surface area contributed by atoms with Crippen molar-refractivity contribution in [3.05, 3.63) is 67.5 Å². The molecule has 2 heteroatoms. The van der Waals surface area contributed by atoms with Crippen LogP contribution in [0.3, 0.4) is 0 Å². The highest BCUT2D eigenvalue weighted by Crippen LogP contribution is 1.98. The first-order valence-corrected chi connectivity index (χ1v) is 4.57. The predicted molar refractivity (Wildman–Crippen MR) is 58.5 cm³/mol. The SMILES string of the molecule is Cc1c(C#Cc2ccccc2)c(=O)c1=O. The fourth-order valence-electron chi connectivity index (χ4n) is 1.31. The minimum atomic E-state index is -0.462. The van der Waals surface area contributed by atoms with Gasteiger partial charge in [0.1, 0.15) is 0 Å². The second-order valence-corrected chi connectivity index (χ2v) is 3.27. The molecule has 0 amide bonds. The van der Waals surface area contributed by atoms with Crippen molar-refractivity contribution in [3.63, 3.8) is 0 Å². The lowest BCUT2D eigenvalue weighted by Gasteiger charge is -1.96. The molecule has 2 aromatic rings. The minimum Gasteiger partial charge on any atom is -0.285 e. The molecule has 2 nitrogen and oxygen atoms in total. The van der Waals surface area contributed by atoms with Crippen LogP contribution in [0, 0.1) is 18.8 Å². The maximum atomic E-state index is 11.1. The molecule has 0 unspecified atom stereocenters. The Hall–Kier alpha value is -2.14. The molecule has 0 aliphatic carbocycles. The van der Waals surface area contributed by atoms with Crippen LogP contribution in [0.25, 0.3) is 0 Å². The largest absolute Gasteiger partial charge is 0.285 e. The minimum absolute atomic E-state index is 0.351. The van der Waals surface area contributed by atoms with Gasteiger partial charge in [0.25, 0.3) is 0 Å². The van der Waals surface area contributed by atoms with E-state index in [-0.39, 0.29) is 0 Å². The highest BCUT2D eigenvalue weighted by atomic mass is 16.2. The highest BCUT2D eigenvalue weighted by molar-refractivity contribution is 5.48. The Morgan fingerprint density at radius 2 is 1.60 bits per heavy atom. The Morgan fingerprint density at radius 3 is 2.20 bits per heavy atom. The average molecular weight is 196 g/mol. The first kappa shape index (κ1) is 9.42. The maximum Gasteiger partial charge on any atom is 0.241 e. The molecule has 0 bridgehead atoms. The molecular formula is C13H8O2. The van der Waals surface area contributed by atoms with Crippen LogP contribution >= 0.6 is 0 Å². The fourth-order valence-corrected chi connectivity index (χ4v) is 1.31. The van der Waals surface area contributed by atoms with Crippen molar-refractivity contribution in [2.45, 2.75) is 6.92 Å². The molecule has 0 aliphatic rings. The van der Waals surface area contributed by atoms with Crippen molar-refractivity contribution in [2.24, 2.45) is 0 Å². The van der Waals surface area contributed by atoms with E-state index in [9.17, 15) is 9.59 Å².